The number of nitrogens with zero attached hydrogens (tertiary/aromatic N) is 3. The molecule has 2 aliphatic heterocycles. The molecule has 0 aliphatic carbocycles. The first kappa shape index (κ1) is 25.5. The minimum Gasteiger partial charge on any atom is -0.463 e. The standard InChI is InChI=1S/C25H34N4O5/c1-5-10-29-20(16-27-11-13-28(14-12-27)21(30)17-33-4)22(24(31)34-6-2)23(26-25(29)32)19-9-7-8-18(3)15-19/h5,7-9,15,23H,1,6,10-14,16-17H2,2-4H3,(H,26,32). The fourth-order valence-electron chi connectivity index (χ4n) is 4.33. The molecule has 0 radical (unpaired) electrons. The summed E-state index contributed by atoms with van der Waals surface area (Å²) in [6.45, 7) is 10.8. The Kier molecular flexibility index (Phi) is 8.84. The number of urea groups is 1. The number of amides is 3. The fourth-order valence-corrected chi connectivity index (χ4v) is 4.33. The highest BCUT2D eigenvalue weighted by Gasteiger charge is 2.38. The Morgan fingerprint density at radius 2 is 1.97 bits per heavy atom. The molecule has 184 valence electrons. The van der Waals surface area contributed by atoms with Gasteiger partial charge in [0.05, 0.1) is 18.2 Å². The van der Waals surface area contributed by atoms with E-state index < -0.39 is 12.0 Å². The van der Waals surface area contributed by atoms with E-state index in [0.29, 0.717) is 44.0 Å². The van der Waals surface area contributed by atoms with Gasteiger partial charge in [-0.25, -0.2) is 9.59 Å². The zero-order chi connectivity index (χ0) is 24.7. The lowest BCUT2D eigenvalue weighted by Crippen LogP contribution is -2.54. The molecule has 1 atom stereocenters. The quantitative estimate of drug-likeness (QED) is 0.438. The number of rotatable bonds is 9. The molecule has 0 spiro atoms. The first-order valence-corrected chi connectivity index (χ1v) is 11.5. The maximum absolute atomic E-state index is 13.2. The lowest BCUT2D eigenvalue weighted by atomic mass is 9.93. The molecule has 2 heterocycles. The molecular formula is C25H34N4O5. The van der Waals surface area contributed by atoms with Crippen LogP contribution in [-0.4, -0.2) is 92.2 Å². The number of esters is 1. The summed E-state index contributed by atoms with van der Waals surface area (Å²) in [5.74, 6) is -0.495. The van der Waals surface area contributed by atoms with E-state index in [1.54, 1.807) is 22.8 Å². The smallest absolute Gasteiger partial charge is 0.338 e. The highest BCUT2D eigenvalue weighted by atomic mass is 16.5. The lowest BCUT2D eigenvalue weighted by molar-refractivity contribution is -0.139. The van der Waals surface area contributed by atoms with Crippen molar-refractivity contribution in [1.82, 2.24) is 20.0 Å². The molecule has 0 bridgehead atoms. The van der Waals surface area contributed by atoms with Crippen LogP contribution in [0.5, 0.6) is 0 Å². The van der Waals surface area contributed by atoms with Crippen LogP contribution in [-0.2, 0) is 19.1 Å². The van der Waals surface area contributed by atoms with Gasteiger partial charge in [-0.3, -0.25) is 14.6 Å². The molecule has 1 unspecified atom stereocenters. The van der Waals surface area contributed by atoms with Gasteiger partial charge in [-0.2, -0.15) is 0 Å². The van der Waals surface area contributed by atoms with E-state index in [4.69, 9.17) is 9.47 Å². The Hall–Kier alpha value is -3.17. The fraction of sp³-hybridized carbons (Fsp3) is 0.480. The third-order valence-electron chi connectivity index (χ3n) is 5.99. The molecule has 34 heavy (non-hydrogen) atoms. The molecule has 1 aromatic carbocycles. The second-order valence-corrected chi connectivity index (χ2v) is 8.37. The average Bonchev–Trinajstić information content (AvgIpc) is 2.82. The minimum atomic E-state index is -0.618. The Morgan fingerprint density at radius 3 is 2.59 bits per heavy atom. The van der Waals surface area contributed by atoms with Gasteiger partial charge in [-0.1, -0.05) is 35.9 Å². The molecule has 0 saturated carbocycles. The number of hydrogen-bond acceptors (Lipinski definition) is 6. The number of benzene rings is 1. The van der Waals surface area contributed by atoms with E-state index in [1.165, 1.54) is 7.11 Å². The molecule has 1 aromatic rings. The number of methoxy groups -OCH3 is 1. The van der Waals surface area contributed by atoms with E-state index >= 15 is 0 Å². The molecule has 3 amide bonds. The van der Waals surface area contributed by atoms with Crippen LogP contribution in [0.25, 0.3) is 0 Å². The van der Waals surface area contributed by atoms with Crippen molar-refractivity contribution in [2.45, 2.75) is 19.9 Å². The van der Waals surface area contributed by atoms with Crippen molar-refractivity contribution < 1.29 is 23.9 Å². The topological polar surface area (TPSA) is 91.4 Å². The molecule has 0 aromatic heterocycles. The van der Waals surface area contributed by atoms with Crippen molar-refractivity contribution in [3.63, 3.8) is 0 Å². The summed E-state index contributed by atoms with van der Waals surface area (Å²) in [7, 11) is 1.50. The van der Waals surface area contributed by atoms with E-state index in [1.807, 2.05) is 31.2 Å². The average molecular weight is 471 g/mol. The number of piperazine rings is 1. The van der Waals surface area contributed by atoms with Crippen LogP contribution in [0.3, 0.4) is 0 Å². The number of aryl methyl sites for hydroxylation is 1. The first-order valence-electron chi connectivity index (χ1n) is 11.5. The van der Waals surface area contributed by atoms with Crippen molar-refractivity contribution in [2.75, 3.05) is 59.6 Å². The predicted molar refractivity (Wildman–Crippen MR) is 128 cm³/mol. The molecule has 1 fully saturated rings. The molecule has 3 rings (SSSR count). The van der Waals surface area contributed by atoms with Crippen LogP contribution in [0, 0.1) is 6.92 Å². The van der Waals surface area contributed by atoms with Crippen molar-refractivity contribution in [1.29, 1.82) is 0 Å². The van der Waals surface area contributed by atoms with E-state index in [9.17, 15) is 14.4 Å². The van der Waals surface area contributed by atoms with Crippen LogP contribution in [0.2, 0.25) is 0 Å². The Balaban J connectivity index is 1.96. The van der Waals surface area contributed by atoms with Gasteiger partial charge in [0, 0.05) is 52.1 Å². The summed E-state index contributed by atoms with van der Waals surface area (Å²) in [6, 6.07) is 6.84. The molecule has 9 nitrogen and oxygen atoms in total. The van der Waals surface area contributed by atoms with Crippen LogP contribution >= 0.6 is 0 Å². The number of nitrogens with one attached hydrogen (secondary N) is 1. The van der Waals surface area contributed by atoms with Gasteiger partial charge in [-0.15, -0.1) is 6.58 Å². The van der Waals surface area contributed by atoms with Gasteiger partial charge >= 0.3 is 12.0 Å². The zero-order valence-corrected chi connectivity index (χ0v) is 20.2. The largest absolute Gasteiger partial charge is 0.463 e. The Morgan fingerprint density at radius 1 is 1.24 bits per heavy atom. The van der Waals surface area contributed by atoms with Crippen molar-refractivity contribution >= 4 is 17.9 Å². The third kappa shape index (κ3) is 5.84. The summed E-state index contributed by atoms with van der Waals surface area (Å²) in [6.07, 6.45) is 1.64. The maximum atomic E-state index is 13.2. The minimum absolute atomic E-state index is 0.0431. The van der Waals surface area contributed by atoms with Crippen molar-refractivity contribution in [2.24, 2.45) is 0 Å². The maximum Gasteiger partial charge on any atom is 0.338 e. The Labute approximate surface area is 201 Å². The van der Waals surface area contributed by atoms with Gasteiger partial charge < -0.3 is 19.7 Å². The molecular weight excluding hydrogens is 436 g/mol. The van der Waals surface area contributed by atoms with E-state index in [-0.39, 0.29) is 31.7 Å². The van der Waals surface area contributed by atoms with Crippen LogP contribution in [0.15, 0.2) is 48.2 Å². The van der Waals surface area contributed by atoms with Crippen molar-refractivity contribution in [3.8, 4) is 0 Å². The number of carbonyl (C=O) groups is 3. The van der Waals surface area contributed by atoms with Gasteiger partial charge in [0.1, 0.15) is 6.61 Å². The Bertz CT molecular complexity index is 952. The highest BCUT2D eigenvalue weighted by molar-refractivity contribution is 5.95. The number of carbonyl (C=O) groups excluding carboxylic acids is 3. The predicted octanol–water partition coefficient (Wildman–Crippen LogP) is 1.86. The van der Waals surface area contributed by atoms with Crippen LogP contribution in [0.4, 0.5) is 4.79 Å². The zero-order valence-electron chi connectivity index (χ0n) is 20.2. The SMILES string of the molecule is C=CCN1C(=O)NC(c2cccc(C)c2)C(C(=O)OCC)=C1CN1CCN(C(=O)COC)CC1. The van der Waals surface area contributed by atoms with Gasteiger partial charge in [-0.05, 0) is 19.4 Å². The molecule has 9 heteroatoms. The van der Waals surface area contributed by atoms with E-state index in [0.717, 1.165) is 11.1 Å². The summed E-state index contributed by atoms with van der Waals surface area (Å²) in [5.41, 5.74) is 2.88. The van der Waals surface area contributed by atoms with Gasteiger partial charge in [0.25, 0.3) is 0 Å². The molecule has 1 saturated heterocycles. The summed E-state index contributed by atoms with van der Waals surface area (Å²) in [5, 5.41) is 2.98. The molecule has 1 N–H and O–H groups in total. The third-order valence-corrected chi connectivity index (χ3v) is 5.99. The second kappa shape index (κ2) is 11.8. The lowest BCUT2D eigenvalue weighted by Gasteiger charge is -2.40. The van der Waals surface area contributed by atoms with Crippen LogP contribution in [0.1, 0.15) is 24.1 Å². The van der Waals surface area contributed by atoms with Gasteiger partial charge in [0.2, 0.25) is 5.91 Å². The molecule has 2 aliphatic rings. The normalized spacial score (nSPS) is 19.1. The van der Waals surface area contributed by atoms with Gasteiger partial charge in [0.15, 0.2) is 0 Å². The number of ether oxygens (including phenoxy) is 2. The van der Waals surface area contributed by atoms with E-state index in [2.05, 4.69) is 16.8 Å². The summed E-state index contributed by atoms with van der Waals surface area (Å²) >= 11 is 0. The highest BCUT2D eigenvalue weighted by Crippen LogP contribution is 2.32. The second-order valence-electron chi connectivity index (χ2n) is 8.37. The first-order chi connectivity index (χ1) is 16.4. The number of hydrogen-bond donors (Lipinski definition) is 1. The van der Waals surface area contributed by atoms with Crippen molar-refractivity contribution in [3.05, 3.63) is 59.3 Å². The summed E-state index contributed by atoms with van der Waals surface area (Å²) in [4.78, 5) is 44.0. The van der Waals surface area contributed by atoms with Crippen LogP contribution < -0.4 is 5.32 Å². The summed E-state index contributed by atoms with van der Waals surface area (Å²) < 4.78 is 10.4. The monoisotopic (exact) mass is 470 g/mol.